The molecule has 0 nitrogen and oxygen atoms in total. The molecule has 0 unspecified atom stereocenters. The molecule has 4 aromatic rings. The number of rotatable bonds is 4. The lowest BCUT2D eigenvalue weighted by atomic mass is 9.75. The summed E-state index contributed by atoms with van der Waals surface area (Å²) in [6.07, 6.45) is 7.00. The van der Waals surface area contributed by atoms with Gasteiger partial charge >= 0.3 is 0 Å². The molecule has 0 aliphatic heterocycles. The van der Waals surface area contributed by atoms with E-state index >= 15 is 0 Å². The second-order valence-corrected chi connectivity index (χ2v) is 9.81. The maximum absolute atomic E-state index is 2.47. The second-order valence-electron chi connectivity index (χ2n) is 9.81. The first-order valence-corrected chi connectivity index (χ1v) is 11.9. The van der Waals surface area contributed by atoms with E-state index in [9.17, 15) is 0 Å². The molecule has 0 atom stereocenters. The Balaban J connectivity index is 1.38. The monoisotopic (exact) mass is 424 g/mol. The van der Waals surface area contributed by atoms with Crippen LogP contribution >= 0.6 is 0 Å². The van der Waals surface area contributed by atoms with Crippen LogP contribution in [0.4, 0.5) is 0 Å². The van der Waals surface area contributed by atoms with Crippen molar-refractivity contribution in [2.45, 2.75) is 26.7 Å². The summed E-state index contributed by atoms with van der Waals surface area (Å²) in [4.78, 5) is 0. The minimum Gasteiger partial charge on any atom is -0.0622 e. The molecule has 0 aromatic heterocycles. The third-order valence-electron chi connectivity index (χ3n) is 7.57. The molecule has 0 heterocycles. The van der Waals surface area contributed by atoms with Crippen molar-refractivity contribution >= 4 is 12.2 Å². The molecule has 160 valence electrons. The minimum absolute atomic E-state index is 0.0138. The van der Waals surface area contributed by atoms with E-state index in [-0.39, 0.29) is 5.41 Å². The van der Waals surface area contributed by atoms with Crippen LogP contribution in [0.1, 0.15) is 36.1 Å². The maximum Gasteiger partial charge on any atom is 0.00773 e. The molecule has 6 rings (SSSR count). The van der Waals surface area contributed by atoms with E-state index in [0.29, 0.717) is 0 Å². The Morgan fingerprint density at radius 2 is 0.909 bits per heavy atom. The molecular weight excluding hydrogens is 396 g/mol. The molecule has 0 saturated heterocycles. The highest BCUT2D eigenvalue weighted by atomic mass is 14.4. The zero-order valence-electron chi connectivity index (χ0n) is 19.3. The van der Waals surface area contributed by atoms with Crippen molar-refractivity contribution < 1.29 is 0 Å². The summed E-state index contributed by atoms with van der Waals surface area (Å²) in [7, 11) is 0. The van der Waals surface area contributed by atoms with E-state index in [4.69, 9.17) is 0 Å². The van der Waals surface area contributed by atoms with Crippen LogP contribution in [0.5, 0.6) is 0 Å². The van der Waals surface area contributed by atoms with Crippen molar-refractivity contribution in [1.29, 1.82) is 0 Å². The molecule has 0 radical (unpaired) electrons. The van der Waals surface area contributed by atoms with Gasteiger partial charge in [-0.3, -0.25) is 0 Å². The lowest BCUT2D eigenvalue weighted by Crippen LogP contribution is -2.18. The fourth-order valence-corrected chi connectivity index (χ4v) is 5.48. The van der Waals surface area contributed by atoms with Gasteiger partial charge < -0.3 is 0 Å². The Bertz CT molecular complexity index is 1290. The largest absolute Gasteiger partial charge is 0.0622 e. The van der Waals surface area contributed by atoms with Crippen LogP contribution in [-0.4, -0.2) is 0 Å². The number of hydrogen-bond acceptors (Lipinski definition) is 0. The Morgan fingerprint density at radius 3 is 1.33 bits per heavy atom. The van der Waals surface area contributed by atoms with Gasteiger partial charge in [-0.1, -0.05) is 134 Å². The van der Waals surface area contributed by atoms with Crippen LogP contribution in [0.15, 0.2) is 108 Å². The molecule has 0 amide bonds. The van der Waals surface area contributed by atoms with E-state index in [1.807, 2.05) is 0 Å². The highest BCUT2D eigenvalue weighted by Crippen LogP contribution is 2.48. The van der Waals surface area contributed by atoms with Gasteiger partial charge in [0.1, 0.15) is 0 Å². The van der Waals surface area contributed by atoms with Gasteiger partial charge in [0, 0.05) is 5.41 Å². The Morgan fingerprint density at radius 1 is 0.485 bits per heavy atom. The van der Waals surface area contributed by atoms with Crippen molar-refractivity contribution in [2.75, 3.05) is 0 Å². The molecule has 0 spiro atoms. The summed E-state index contributed by atoms with van der Waals surface area (Å²) in [6, 6.07) is 35.1. The van der Waals surface area contributed by atoms with Crippen molar-refractivity contribution in [3.05, 3.63) is 130 Å². The zero-order chi connectivity index (χ0) is 22.4. The summed E-state index contributed by atoms with van der Waals surface area (Å²) >= 11 is 0. The van der Waals surface area contributed by atoms with Gasteiger partial charge in [-0.2, -0.15) is 0 Å². The second kappa shape index (κ2) is 7.74. The highest BCUT2D eigenvalue weighted by molar-refractivity contribution is 5.84. The van der Waals surface area contributed by atoms with Gasteiger partial charge in [0.15, 0.2) is 0 Å². The molecule has 0 bridgehead atoms. The van der Waals surface area contributed by atoms with E-state index in [0.717, 1.165) is 12.8 Å². The third-order valence-corrected chi connectivity index (χ3v) is 7.57. The van der Waals surface area contributed by atoms with Crippen molar-refractivity contribution in [2.24, 2.45) is 5.41 Å². The quantitative estimate of drug-likeness (QED) is 0.307. The Labute approximate surface area is 196 Å². The molecule has 2 aliphatic rings. The van der Waals surface area contributed by atoms with Gasteiger partial charge in [0.25, 0.3) is 0 Å². The minimum atomic E-state index is 0.0138. The Kier molecular flexibility index (Phi) is 4.69. The number of benzene rings is 4. The van der Waals surface area contributed by atoms with Crippen molar-refractivity contribution in [3.8, 4) is 22.3 Å². The van der Waals surface area contributed by atoms with Crippen LogP contribution in [0.2, 0.25) is 0 Å². The summed E-state index contributed by atoms with van der Waals surface area (Å²) in [5, 5.41) is 0. The van der Waals surface area contributed by atoms with Crippen LogP contribution in [0.3, 0.4) is 0 Å². The van der Waals surface area contributed by atoms with Crippen molar-refractivity contribution in [3.63, 3.8) is 0 Å². The van der Waals surface area contributed by atoms with Crippen LogP contribution in [-0.2, 0) is 12.8 Å². The van der Waals surface area contributed by atoms with Gasteiger partial charge in [0.2, 0.25) is 0 Å². The molecule has 0 heteroatoms. The SMILES string of the molecule is CC(C)(C1=Cc2c(cccc2-c2ccccc2)C1)C1=Cc2c(cccc2-c2ccccc2)C1. The first kappa shape index (κ1) is 20.0. The van der Waals surface area contributed by atoms with E-state index in [2.05, 4.69) is 123 Å². The standard InChI is InChI=1S/C33H28/c1-33(2,27-19-25-15-9-17-29(31(25)21-27)23-11-5-3-6-12-23)28-20-26-16-10-18-30(32(26)22-28)24-13-7-4-8-14-24/h3-18,21-22H,19-20H2,1-2H3. The number of allylic oxidation sites excluding steroid dienone is 2. The highest BCUT2D eigenvalue weighted by Gasteiger charge is 2.34. The molecule has 0 fully saturated rings. The summed E-state index contributed by atoms with van der Waals surface area (Å²) in [5.41, 5.74) is 14.0. The van der Waals surface area contributed by atoms with Gasteiger partial charge in [-0.25, -0.2) is 0 Å². The van der Waals surface area contributed by atoms with E-state index in [1.54, 1.807) is 0 Å². The van der Waals surface area contributed by atoms with E-state index < -0.39 is 0 Å². The number of fused-ring (bicyclic) bond motifs is 2. The summed E-state index contributed by atoms with van der Waals surface area (Å²) in [6.45, 7) is 4.82. The molecule has 4 aromatic carbocycles. The molecule has 2 aliphatic carbocycles. The normalized spacial score (nSPS) is 14.5. The summed E-state index contributed by atoms with van der Waals surface area (Å²) in [5.74, 6) is 0. The zero-order valence-corrected chi connectivity index (χ0v) is 19.3. The van der Waals surface area contributed by atoms with Crippen molar-refractivity contribution in [1.82, 2.24) is 0 Å². The van der Waals surface area contributed by atoms with Gasteiger partial charge in [0.05, 0.1) is 0 Å². The average Bonchev–Trinajstić information content (AvgIpc) is 3.50. The number of hydrogen-bond donors (Lipinski definition) is 0. The fourth-order valence-electron chi connectivity index (χ4n) is 5.48. The van der Waals surface area contributed by atoms with Crippen LogP contribution in [0, 0.1) is 5.41 Å². The first-order valence-electron chi connectivity index (χ1n) is 11.9. The summed E-state index contributed by atoms with van der Waals surface area (Å²) < 4.78 is 0. The van der Waals surface area contributed by atoms with E-state index in [1.165, 1.54) is 55.7 Å². The molecule has 33 heavy (non-hydrogen) atoms. The van der Waals surface area contributed by atoms with Gasteiger partial charge in [-0.05, 0) is 57.3 Å². The molecule has 0 saturated carbocycles. The fraction of sp³-hybridized carbons (Fsp3) is 0.152. The molecule has 0 N–H and O–H groups in total. The van der Waals surface area contributed by atoms with Gasteiger partial charge in [-0.15, -0.1) is 0 Å². The first-order chi connectivity index (χ1) is 16.1. The van der Waals surface area contributed by atoms with Crippen LogP contribution in [0.25, 0.3) is 34.4 Å². The topological polar surface area (TPSA) is 0 Å². The smallest absolute Gasteiger partial charge is 0.00773 e. The van der Waals surface area contributed by atoms with Crippen LogP contribution < -0.4 is 0 Å². The predicted molar refractivity (Wildman–Crippen MR) is 141 cm³/mol. The predicted octanol–water partition coefficient (Wildman–Crippen LogP) is 8.63. The lowest BCUT2D eigenvalue weighted by molar-refractivity contribution is 0.526. The average molecular weight is 425 g/mol. The lowest BCUT2D eigenvalue weighted by Gasteiger charge is -2.28. The molecular formula is C33H28. The third kappa shape index (κ3) is 3.38. The Hall–Kier alpha value is -3.64. The maximum atomic E-state index is 2.47.